The van der Waals surface area contributed by atoms with Crippen LogP contribution in [0.25, 0.3) is 11.1 Å². The number of aromatic nitrogens is 1. The van der Waals surface area contributed by atoms with Crippen LogP contribution in [0.4, 0.5) is 0 Å². The number of aryl methyl sites for hydroxylation is 1. The van der Waals surface area contributed by atoms with Crippen molar-refractivity contribution >= 4 is 0 Å². The fraction of sp³-hybridized carbons (Fsp3) is 0.227. The van der Waals surface area contributed by atoms with Gasteiger partial charge in [0.15, 0.2) is 0 Å². The molecule has 0 aliphatic rings. The van der Waals surface area contributed by atoms with Crippen LogP contribution in [-0.4, -0.2) is 27.9 Å². The summed E-state index contributed by atoms with van der Waals surface area (Å²) in [6, 6.07) is 19.5. The first kappa shape index (κ1) is 18.1. The highest BCUT2D eigenvalue weighted by Gasteiger charge is 2.07. The van der Waals surface area contributed by atoms with Crippen molar-refractivity contribution in [3.05, 3.63) is 84.2 Å². The van der Waals surface area contributed by atoms with Crippen LogP contribution in [-0.2, 0) is 13.0 Å². The Hall–Kier alpha value is -2.69. The van der Waals surface area contributed by atoms with Gasteiger partial charge in [0.1, 0.15) is 12.4 Å². The van der Waals surface area contributed by atoms with Gasteiger partial charge in [-0.2, -0.15) is 0 Å². The highest BCUT2D eigenvalue weighted by molar-refractivity contribution is 5.64. The summed E-state index contributed by atoms with van der Waals surface area (Å²) in [4.78, 5) is 4.07. The van der Waals surface area contributed by atoms with Crippen molar-refractivity contribution in [1.29, 1.82) is 0 Å². The summed E-state index contributed by atoms with van der Waals surface area (Å²) < 4.78 is 5.69. The van der Waals surface area contributed by atoms with Crippen LogP contribution < -0.4 is 4.74 Å². The van der Waals surface area contributed by atoms with Gasteiger partial charge in [0.25, 0.3) is 0 Å². The van der Waals surface area contributed by atoms with Crippen molar-refractivity contribution in [3.8, 4) is 16.9 Å². The van der Waals surface area contributed by atoms with E-state index in [-0.39, 0.29) is 13.2 Å². The lowest BCUT2D eigenvalue weighted by molar-refractivity contribution is 0.100. The Kier molecular flexibility index (Phi) is 6.36. The van der Waals surface area contributed by atoms with Gasteiger partial charge in [0, 0.05) is 12.4 Å². The molecule has 0 radical (unpaired) electrons. The predicted octanol–water partition coefficient (Wildman–Crippen LogP) is 3.61. The van der Waals surface area contributed by atoms with Crippen LogP contribution in [0.3, 0.4) is 0 Å². The summed E-state index contributed by atoms with van der Waals surface area (Å²) in [5, 5.41) is 19.3. The second-order valence-corrected chi connectivity index (χ2v) is 6.25. The van der Waals surface area contributed by atoms with Crippen molar-refractivity contribution in [1.82, 2.24) is 4.98 Å². The molecule has 2 N–H and O–H groups in total. The van der Waals surface area contributed by atoms with Gasteiger partial charge in [-0.1, -0.05) is 36.4 Å². The van der Waals surface area contributed by atoms with E-state index in [2.05, 4.69) is 4.98 Å². The molecule has 0 fully saturated rings. The summed E-state index contributed by atoms with van der Waals surface area (Å²) in [6.45, 7) is 0.297. The van der Waals surface area contributed by atoms with Crippen LogP contribution in [0.1, 0.15) is 17.5 Å². The summed E-state index contributed by atoms with van der Waals surface area (Å²) in [5.41, 5.74) is 4.12. The Morgan fingerprint density at radius 2 is 1.73 bits per heavy atom. The maximum Gasteiger partial charge on any atom is 0.119 e. The molecule has 0 spiro atoms. The minimum absolute atomic E-state index is 0.0337. The van der Waals surface area contributed by atoms with Crippen molar-refractivity contribution in [2.75, 3.05) is 6.61 Å². The van der Waals surface area contributed by atoms with Crippen molar-refractivity contribution in [2.45, 2.75) is 25.6 Å². The van der Waals surface area contributed by atoms with E-state index in [0.29, 0.717) is 6.42 Å². The SMILES string of the molecule is OCc1cccc(-c2ccc(OCC(O)CCc3cccnc3)cc2)c1. The number of nitrogens with zero attached hydrogens (tertiary/aromatic N) is 1. The van der Waals surface area contributed by atoms with E-state index < -0.39 is 6.10 Å². The minimum atomic E-state index is -0.517. The van der Waals surface area contributed by atoms with Gasteiger partial charge in [-0.05, 0) is 59.4 Å². The van der Waals surface area contributed by atoms with Crippen molar-refractivity contribution < 1.29 is 14.9 Å². The lowest BCUT2D eigenvalue weighted by atomic mass is 10.0. The lowest BCUT2D eigenvalue weighted by Crippen LogP contribution is -2.18. The molecule has 1 unspecified atom stereocenters. The maximum atomic E-state index is 10.1. The second kappa shape index (κ2) is 9.13. The first-order valence-corrected chi connectivity index (χ1v) is 8.74. The molecule has 4 heteroatoms. The van der Waals surface area contributed by atoms with E-state index in [1.54, 1.807) is 6.20 Å². The van der Waals surface area contributed by atoms with Crippen molar-refractivity contribution in [3.63, 3.8) is 0 Å². The summed E-state index contributed by atoms with van der Waals surface area (Å²) in [5.74, 6) is 0.729. The normalized spacial score (nSPS) is 11.9. The zero-order valence-corrected chi connectivity index (χ0v) is 14.6. The minimum Gasteiger partial charge on any atom is -0.491 e. The van der Waals surface area contributed by atoms with Gasteiger partial charge in [0.05, 0.1) is 12.7 Å². The number of hydrogen-bond donors (Lipinski definition) is 2. The molecule has 2 aromatic carbocycles. The molecule has 134 valence electrons. The van der Waals surface area contributed by atoms with Crippen LogP contribution in [0, 0.1) is 0 Å². The Labute approximate surface area is 153 Å². The topological polar surface area (TPSA) is 62.6 Å². The number of pyridine rings is 1. The van der Waals surface area contributed by atoms with Gasteiger partial charge < -0.3 is 14.9 Å². The van der Waals surface area contributed by atoms with Crippen molar-refractivity contribution in [2.24, 2.45) is 0 Å². The van der Waals surface area contributed by atoms with Crippen LogP contribution in [0.2, 0.25) is 0 Å². The highest BCUT2D eigenvalue weighted by atomic mass is 16.5. The van der Waals surface area contributed by atoms with Crippen LogP contribution in [0.15, 0.2) is 73.1 Å². The molecule has 0 aliphatic heterocycles. The molecule has 1 atom stereocenters. The standard InChI is InChI=1S/C22H23NO3/c24-15-18-3-1-5-20(13-18)19-7-10-22(11-8-19)26-16-21(25)9-6-17-4-2-12-23-14-17/h1-5,7-8,10-14,21,24-25H,6,9,15-16H2. The fourth-order valence-corrected chi connectivity index (χ4v) is 2.75. The molecular weight excluding hydrogens is 326 g/mol. The molecular formula is C22H23NO3. The monoisotopic (exact) mass is 349 g/mol. The third-order valence-electron chi connectivity index (χ3n) is 4.23. The van der Waals surface area contributed by atoms with E-state index in [1.165, 1.54) is 0 Å². The van der Waals surface area contributed by atoms with Crippen LogP contribution >= 0.6 is 0 Å². The van der Waals surface area contributed by atoms with Gasteiger partial charge >= 0.3 is 0 Å². The number of ether oxygens (including phenoxy) is 1. The van der Waals surface area contributed by atoms with E-state index in [0.717, 1.165) is 34.4 Å². The zero-order chi connectivity index (χ0) is 18.2. The largest absolute Gasteiger partial charge is 0.491 e. The molecule has 0 amide bonds. The highest BCUT2D eigenvalue weighted by Crippen LogP contribution is 2.23. The Balaban J connectivity index is 1.51. The van der Waals surface area contributed by atoms with E-state index >= 15 is 0 Å². The lowest BCUT2D eigenvalue weighted by Gasteiger charge is -2.13. The molecule has 0 saturated carbocycles. The third-order valence-corrected chi connectivity index (χ3v) is 4.23. The summed E-state index contributed by atoms with van der Waals surface area (Å²) in [7, 11) is 0. The smallest absolute Gasteiger partial charge is 0.119 e. The van der Waals surface area contributed by atoms with Gasteiger partial charge in [-0.15, -0.1) is 0 Å². The Bertz CT molecular complexity index is 803. The van der Waals surface area contributed by atoms with Gasteiger partial charge in [-0.25, -0.2) is 0 Å². The molecule has 4 nitrogen and oxygen atoms in total. The van der Waals surface area contributed by atoms with Crippen LogP contribution in [0.5, 0.6) is 5.75 Å². The predicted molar refractivity (Wildman–Crippen MR) is 102 cm³/mol. The van der Waals surface area contributed by atoms with E-state index in [1.807, 2.05) is 66.9 Å². The van der Waals surface area contributed by atoms with Gasteiger partial charge in [-0.3, -0.25) is 4.98 Å². The molecule has 0 saturated heterocycles. The molecule has 26 heavy (non-hydrogen) atoms. The number of aliphatic hydroxyl groups is 2. The first-order chi connectivity index (χ1) is 12.7. The molecule has 0 aliphatic carbocycles. The van der Waals surface area contributed by atoms with E-state index in [9.17, 15) is 10.2 Å². The number of aliphatic hydroxyl groups excluding tert-OH is 2. The average Bonchev–Trinajstić information content (AvgIpc) is 2.72. The number of rotatable bonds is 8. The van der Waals surface area contributed by atoms with Gasteiger partial charge in [0.2, 0.25) is 0 Å². The maximum absolute atomic E-state index is 10.1. The number of hydrogen-bond acceptors (Lipinski definition) is 4. The molecule has 3 aromatic rings. The fourth-order valence-electron chi connectivity index (χ4n) is 2.75. The second-order valence-electron chi connectivity index (χ2n) is 6.25. The average molecular weight is 349 g/mol. The molecule has 0 bridgehead atoms. The molecule has 1 heterocycles. The zero-order valence-electron chi connectivity index (χ0n) is 14.6. The Morgan fingerprint density at radius 3 is 2.46 bits per heavy atom. The first-order valence-electron chi connectivity index (χ1n) is 8.74. The number of benzene rings is 2. The van der Waals surface area contributed by atoms with E-state index in [4.69, 9.17) is 4.74 Å². The quantitative estimate of drug-likeness (QED) is 0.652. The summed E-state index contributed by atoms with van der Waals surface area (Å²) >= 11 is 0. The Morgan fingerprint density at radius 1 is 0.923 bits per heavy atom. The molecule has 1 aromatic heterocycles. The molecule has 3 rings (SSSR count). The summed E-state index contributed by atoms with van der Waals surface area (Å²) in [6.07, 6.45) is 4.46. The third kappa shape index (κ3) is 5.15.